The molecule has 0 bridgehead atoms. The Morgan fingerprint density at radius 2 is 1.19 bits per heavy atom. The number of carboxylic acid groups (broad SMARTS) is 2. The van der Waals surface area contributed by atoms with Crippen LogP contribution in [0.1, 0.15) is 108 Å². The maximum Gasteiger partial charge on any atom is 0.326 e. The van der Waals surface area contributed by atoms with Crippen LogP contribution in [-0.4, -0.2) is 40.1 Å². The summed E-state index contributed by atoms with van der Waals surface area (Å²) in [6.45, 7) is 0.346. The van der Waals surface area contributed by atoms with Gasteiger partial charge in [0.1, 0.15) is 12.6 Å². The molecule has 1 aromatic rings. The number of ether oxygens (including phenoxy) is 1. The van der Waals surface area contributed by atoms with E-state index in [1.165, 1.54) is 32.1 Å². The highest BCUT2D eigenvalue weighted by molar-refractivity contribution is 5.83. The number of aliphatic carboxylic acids is 2. The average molecular weight is 506 g/mol. The zero-order valence-corrected chi connectivity index (χ0v) is 21.4. The molecule has 8 nitrogen and oxygen atoms in total. The molecule has 0 saturated carbocycles. The maximum absolute atomic E-state index is 11.9. The number of carbonyl (C=O) groups is 4. The number of benzene rings is 1. The molecule has 1 amide bonds. The molecule has 0 radical (unpaired) electrons. The summed E-state index contributed by atoms with van der Waals surface area (Å²) in [7, 11) is 0. The highest BCUT2D eigenvalue weighted by Gasteiger charge is 2.20. The van der Waals surface area contributed by atoms with E-state index in [1.54, 1.807) is 0 Å². The highest BCUT2D eigenvalue weighted by atomic mass is 16.5. The summed E-state index contributed by atoms with van der Waals surface area (Å²) in [6.07, 6.45) is 13.2. The van der Waals surface area contributed by atoms with Crippen LogP contribution in [0.2, 0.25) is 0 Å². The molecular weight excluding hydrogens is 462 g/mol. The van der Waals surface area contributed by atoms with Crippen molar-refractivity contribution in [3.63, 3.8) is 0 Å². The van der Waals surface area contributed by atoms with Crippen molar-refractivity contribution in [1.82, 2.24) is 5.32 Å². The normalized spacial score (nSPS) is 11.6. The number of nitrogens with one attached hydrogen (secondary N) is 1. The van der Waals surface area contributed by atoms with Crippen LogP contribution in [0.3, 0.4) is 0 Å². The van der Waals surface area contributed by atoms with Gasteiger partial charge in [0.2, 0.25) is 5.91 Å². The second-order valence-electron chi connectivity index (χ2n) is 9.28. The van der Waals surface area contributed by atoms with Gasteiger partial charge < -0.3 is 20.3 Å². The van der Waals surface area contributed by atoms with E-state index in [9.17, 15) is 19.2 Å². The Kier molecular flexibility index (Phi) is 17.6. The van der Waals surface area contributed by atoms with Crippen LogP contribution in [-0.2, 0) is 30.5 Å². The Morgan fingerprint density at radius 1 is 0.694 bits per heavy atom. The lowest BCUT2D eigenvalue weighted by atomic mass is 10.0. The molecule has 36 heavy (non-hydrogen) atoms. The van der Waals surface area contributed by atoms with Gasteiger partial charge in [-0.15, -0.1) is 0 Å². The Bertz CT molecular complexity index is 766. The zero-order chi connectivity index (χ0) is 26.4. The van der Waals surface area contributed by atoms with Crippen LogP contribution in [0, 0.1) is 0 Å². The molecular formula is C28H43NO7. The van der Waals surface area contributed by atoms with Crippen molar-refractivity contribution in [3.05, 3.63) is 35.9 Å². The summed E-state index contributed by atoms with van der Waals surface area (Å²) in [6, 6.07) is 8.56. The van der Waals surface area contributed by atoms with E-state index in [-0.39, 0.29) is 31.1 Å². The second kappa shape index (κ2) is 20.3. The smallest absolute Gasteiger partial charge is 0.326 e. The number of esters is 1. The number of amides is 1. The summed E-state index contributed by atoms with van der Waals surface area (Å²) < 4.78 is 5.29. The van der Waals surface area contributed by atoms with E-state index >= 15 is 0 Å². The predicted molar refractivity (Wildman–Crippen MR) is 137 cm³/mol. The van der Waals surface area contributed by atoms with Crippen molar-refractivity contribution in [1.29, 1.82) is 0 Å². The van der Waals surface area contributed by atoms with E-state index in [1.807, 2.05) is 30.3 Å². The summed E-state index contributed by atoms with van der Waals surface area (Å²) in [5.41, 5.74) is 1.01. The average Bonchev–Trinajstić information content (AvgIpc) is 2.85. The van der Waals surface area contributed by atoms with Crippen molar-refractivity contribution < 1.29 is 34.1 Å². The molecule has 1 atom stereocenters. The fourth-order valence-corrected chi connectivity index (χ4v) is 3.92. The fraction of sp³-hybridized carbons (Fsp3) is 0.643. The number of hydrogen-bond donors (Lipinski definition) is 3. The second-order valence-corrected chi connectivity index (χ2v) is 9.28. The maximum atomic E-state index is 11.9. The number of carbonyl (C=O) groups excluding carboxylic acids is 2. The lowest BCUT2D eigenvalue weighted by Crippen LogP contribution is -2.41. The van der Waals surface area contributed by atoms with Gasteiger partial charge in [0.25, 0.3) is 0 Å². The van der Waals surface area contributed by atoms with E-state index in [0.717, 1.165) is 44.1 Å². The molecule has 0 aliphatic heterocycles. The molecule has 0 spiro atoms. The SMILES string of the molecule is O=C(O)CC[C@H](NC(=O)CCCCCCCCCCCCCCC(=O)OCc1ccccc1)C(=O)O. The van der Waals surface area contributed by atoms with Gasteiger partial charge in [0.05, 0.1) is 0 Å². The Hall–Kier alpha value is -2.90. The molecule has 8 heteroatoms. The van der Waals surface area contributed by atoms with Crippen molar-refractivity contribution in [2.24, 2.45) is 0 Å². The number of hydrogen-bond acceptors (Lipinski definition) is 5. The van der Waals surface area contributed by atoms with E-state index in [4.69, 9.17) is 14.9 Å². The molecule has 0 fully saturated rings. The molecule has 3 N–H and O–H groups in total. The number of carboxylic acids is 2. The molecule has 0 aliphatic rings. The van der Waals surface area contributed by atoms with Gasteiger partial charge >= 0.3 is 17.9 Å². The minimum Gasteiger partial charge on any atom is -0.481 e. The molecule has 0 aliphatic carbocycles. The zero-order valence-electron chi connectivity index (χ0n) is 21.4. The van der Waals surface area contributed by atoms with Crippen LogP contribution < -0.4 is 5.32 Å². The number of unbranched alkanes of at least 4 members (excludes halogenated alkanes) is 11. The van der Waals surface area contributed by atoms with Gasteiger partial charge in [-0.25, -0.2) is 4.79 Å². The van der Waals surface area contributed by atoms with Crippen molar-refractivity contribution in [2.45, 2.75) is 115 Å². The van der Waals surface area contributed by atoms with Gasteiger partial charge in [0.15, 0.2) is 0 Å². The van der Waals surface area contributed by atoms with Gasteiger partial charge in [-0.1, -0.05) is 94.5 Å². The Balaban J connectivity index is 1.86. The van der Waals surface area contributed by atoms with Crippen molar-refractivity contribution in [2.75, 3.05) is 0 Å². The van der Waals surface area contributed by atoms with Crippen LogP contribution >= 0.6 is 0 Å². The van der Waals surface area contributed by atoms with Crippen LogP contribution in [0.25, 0.3) is 0 Å². The molecule has 0 unspecified atom stereocenters. The lowest BCUT2D eigenvalue weighted by molar-refractivity contribution is -0.145. The Morgan fingerprint density at radius 3 is 1.69 bits per heavy atom. The molecule has 1 rings (SSSR count). The lowest BCUT2D eigenvalue weighted by Gasteiger charge is -2.13. The van der Waals surface area contributed by atoms with Crippen LogP contribution in [0.5, 0.6) is 0 Å². The minimum absolute atomic E-state index is 0.111. The molecule has 0 aromatic heterocycles. The molecule has 1 aromatic carbocycles. The molecule has 0 saturated heterocycles. The van der Waals surface area contributed by atoms with Crippen molar-refractivity contribution in [3.8, 4) is 0 Å². The van der Waals surface area contributed by atoms with Crippen LogP contribution in [0.4, 0.5) is 0 Å². The third-order valence-electron chi connectivity index (χ3n) is 6.06. The van der Waals surface area contributed by atoms with Gasteiger partial charge in [-0.05, 0) is 24.8 Å². The van der Waals surface area contributed by atoms with Gasteiger partial charge in [-0.2, -0.15) is 0 Å². The Labute approximate surface area is 214 Å². The third kappa shape index (κ3) is 17.5. The third-order valence-corrected chi connectivity index (χ3v) is 6.06. The first-order chi connectivity index (χ1) is 17.4. The molecule has 0 heterocycles. The fourth-order valence-electron chi connectivity index (χ4n) is 3.92. The first-order valence-electron chi connectivity index (χ1n) is 13.3. The number of rotatable bonds is 22. The standard InChI is InChI=1S/C28H43NO7/c30-25(29-24(28(34)35)20-21-26(31)32)18-14-9-7-5-3-1-2-4-6-8-10-15-19-27(33)36-22-23-16-12-11-13-17-23/h11-13,16-17,24H,1-10,14-15,18-22H2,(H,29,30)(H,31,32)(H,34,35)/t24-/m0/s1. The van der Waals surface area contributed by atoms with Gasteiger partial charge in [0, 0.05) is 19.3 Å². The summed E-state index contributed by atoms with van der Waals surface area (Å²) in [4.78, 5) is 45.3. The van der Waals surface area contributed by atoms with Crippen molar-refractivity contribution >= 4 is 23.8 Å². The predicted octanol–water partition coefficient (Wildman–Crippen LogP) is 5.63. The molecule has 202 valence electrons. The summed E-state index contributed by atoms with van der Waals surface area (Å²) in [5.74, 6) is -2.75. The summed E-state index contributed by atoms with van der Waals surface area (Å²) >= 11 is 0. The highest BCUT2D eigenvalue weighted by Crippen LogP contribution is 2.13. The van der Waals surface area contributed by atoms with E-state index < -0.39 is 18.0 Å². The van der Waals surface area contributed by atoms with Gasteiger partial charge in [-0.3, -0.25) is 14.4 Å². The quantitative estimate of drug-likeness (QED) is 0.138. The summed E-state index contributed by atoms with van der Waals surface area (Å²) in [5, 5.41) is 20.1. The topological polar surface area (TPSA) is 130 Å². The first kappa shape index (κ1) is 31.1. The van der Waals surface area contributed by atoms with E-state index in [2.05, 4.69) is 5.32 Å². The monoisotopic (exact) mass is 505 g/mol. The van der Waals surface area contributed by atoms with E-state index in [0.29, 0.717) is 19.4 Å². The van der Waals surface area contributed by atoms with Crippen LogP contribution in [0.15, 0.2) is 30.3 Å². The largest absolute Gasteiger partial charge is 0.481 e. The first-order valence-corrected chi connectivity index (χ1v) is 13.3. The minimum atomic E-state index is -1.20.